The molecule has 1 saturated heterocycles. The van der Waals surface area contributed by atoms with Crippen LogP contribution in [0.25, 0.3) is 0 Å². The van der Waals surface area contributed by atoms with Crippen LogP contribution in [0.1, 0.15) is 46.0 Å². The van der Waals surface area contributed by atoms with Crippen molar-refractivity contribution in [2.45, 2.75) is 52.1 Å². The van der Waals surface area contributed by atoms with Crippen molar-refractivity contribution >= 4 is 0 Å². The molecule has 0 aliphatic carbocycles. The average molecular weight is 199 g/mol. The van der Waals surface area contributed by atoms with Crippen molar-refractivity contribution in [1.82, 2.24) is 4.90 Å². The quantitative estimate of drug-likeness (QED) is 0.709. The average Bonchev–Trinajstić information content (AvgIpc) is 2.58. The molecule has 1 rings (SSSR count). The molecule has 0 amide bonds. The Labute approximate surface area is 88.3 Å². The standard InChI is InChI=1S/C12H25NO/c1-3-5-6-11(4-2)9-13-8-7-12(14)10-13/h11-12,14H,3-10H2,1-2H3/t11?,12-/m1/s1. The molecule has 1 N–H and O–H groups in total. The van der Waals surface area contributed by atoms with Crippen molar-refractivity contribution in [3.63, 3.8) is 0 Å². The molecule has 2 heteroatoms. The SMILES string of the molecule is CCCCC(CC)CN1CC[C@@H](O)C1. The number of unbranched alkanes of at least 4 members (excludes halogenated alkanes) is 1. The summed E-state index contributed by atoms with van der Waals surface area (Å²) in [7, 11) is 0. The maximum Gasteiger partial charge on any atom is 0.0679 e. The Morgan fingerprint density at radius 3 is 2.71 bits per heavy atom. The molecular weight excluding hydrogens is 174 g/mol. The van der Waals surface area contributed by atoms with E-state index in [9.17, 15) is 5.11 Å². The monoisotopic (exact) mass is 199 g/mol. The number of aliphatic hydroxyl groups is 1. The summed E-state index contributed by atoms with van der Waals surface area (Å²) in [5.74, 6) is 0.847. The van der Waals surface area contributed by atoms with Crippen LogP contribution in [0.5, 0.6) is 0 Å². The maximum absolute atomic E-state index is 9.42. The number of β-amino-alcohol motifs (C(OH)–C–C–N with tert-alkyl or cyclic N) is 1. The Balaban J connectivity index is 2.19. The van der Waals surface area contributed by atoms with Gasteiger partial charge in [-0.15, -0.1) is 0 Å². The first-order valence-electron chi connectivity index (χ1n) is 6.16. The Hall–Kier alpha value is -0.0800. The van der Waals surface area contributed by atoms with Crippen LogP contribution in [0, 0.1) is 5.92 Å². The molecule has 2 atom stereocenters. The second-order valence-corrected chi connectivity index (χ2v) is 4.62. The topological polar surface area (TPSA) is 23.5 Å². The van der Waals surface area contributed by atoms with Gasteiger partial charge in [0.25, 0.3) is 0 Å². The van der Waals surface area contributed by atoms with Gasteiger partial charge in [-0.1, -0.05) is 33.1 Å². The predicted molar refractivity (Wildman–Crippen MR) is 60.4 cm³/mol. The summed E-state index contributed by atoms with van der Waals surface area (Å²) < 4.78 is 0. The van der Waals surface area contributed by atoms with Gasteiger partial charge in [0.15, 0.2) is 0 Å². The van der Waals surface area contributed by atoms with E-state index in [0.29, 0.717) is 0 Å². The molecule has 1 unspecified atom stereocenters. The van der Waals surface area contributed by atoms with Gasteiger partial charge in [-0.25, -0.2) is 0 Å². The summed E-state index contributed by atoms with van der Waals surface area (Å²) in [4.78, 5) is 2.43. The normalized spacial score (nSPS) is 25.5. The lowest BCUT2D eigenvalue weighted by Gasteiger charge is -2.22. The summed E-state index contributed by atoms with van der Waals surface area (Å²) >= 11 is 0. The fourth-order valence-corrected chi connectivity index (χ4v) is 2.26. The van der Waals surface area contributed by atoms with Crippen molar-refractivity contribution in [2.75, 3.05) is 19.6 Å². The van der Waals surface area contributed by atoms with E-state index >= 15 is 0 Å². The van der Waals surface area contributed by atoms with E-state index in [1.807, 2.05) is 0 Å². The first-order chi connectivity index (χ1) is 6.76. The first kappa shape index (κ1) is 12.0. The third kappa shape index (κ3) is 3.97. The van der Waals surface area contributed by atoms with Crippen LogP contribution in [0.4, 0.5) is 0 Å². The van der Waals surface area contributed by atoms with E-state index in [1.165, 1.54) is 32.2 Å². The third-order valence-electron chi connectivity index (χ3n) is 3.31. The van der Waals surface area contributed by atoms with E-state index < -0.39 is 0 Å². The lowest BCUT2D eigenvalue weighted by Crippen LogP contribution is -2.28. The molecule has 0 aromatic carbocycles. The van der Waals surface area contributed by atoms with Crippen molar-refractivity contribution < 1.29 is 5.11 Å². The minimum absolute atomic E-state index is 0.0568. The fraction of sp³-hybridized carbons (Fsp3) is 1.00. The van der Waals surface area contributed by atoms with Gasteiger partial charge in [-0.3, -0.25) is 0 Å². The molecule has 0 saturated carbocycles. The molecule has 1 heterocycles. The molecule has 0 radical (unpaired) electrons. The van der Waals surface area contributed by atoms with E-state index in [4.69, 9.17) is 0 Å². The molecule has 2 nitrogen and oxygen atoms in total. The van der Waals surface area contributed by atoms with Crippen molar-refractivity contribution in [3.8, 4) is 0 Å². The highest BCUT2D eigenvalue weighted by molar-refractivity contribution is 4.76. The number of rotatable bonds is 6. The molecule has 14 heavy (non-hydrogen) atoms. The second-order valence-electron chi connectivity index (χ2n) is 4.62. The summed E-state index contributed by atoms with van der Waals surface area (Å²) in [5, 5.41) is 9.42. The van der Waals surface area contributed by atoms with Crippen molar-refractivity contribution in [1.29, 1.82) is 0 Å². The van der Waals surface area contributed by atoms with Crippen LogP contribution in [0.15, 0.2) is 0 Å². The van der Waals surface area contributed by atoms with Gasteiger partial charge in [0.1, 0.15) is 0 Å². The van der Waals surface area contributed by atoms with E-state index in [0.717, 1.165) is 25.4 Å². The zero-order chi connectivity index (χ0) is 10.4. The highest BCUT2D eigenvalue weighted by Crippen LogP contribution is 2.17. The summed E-state index contributed by atoms with van der Waals surface area (Å²) in [6.45, 7) is 7.75. The lowest BCUT2D eigenvalue weighted by atomic mass is 9.99. The Bertz CT molecular complexity index is 149. The van der Waals surface area contributed by atoms with Crippen LogP contribution in [-0.2, 0) is 0 Å². The Morgan fingerprint density at radius 1 is 1.43 bits per heavy atom. The molecule has 84 valence electrons. The summed E-state index contributed by atoms with van der Waals surface area (Å²) in [6, 6.07) is 0. The zero-order valence-corrected chi connectivity index (χ0v) is 9.71. The van der Waals surface area contributed by atoms with E-state index in [1.54, 1.807) is 0 Å². The molecular formula is C12H25NO. The minimum Gasteiger partial charge on any atom is -0.392 e. The van der Waals surface area contributed by atoms with Gasteiger partial charge in [0.2, 0.25) is 0 Å². The molecule has 1 aliphatic rings. The Morgan fingerprint density at radius 2 is 2.21 bits per heavy atom. The number of hydrogen-bond acceptors (Lipinski definition) is 2. The van der Waals surface area contributed by atoms with Crippen LogP contribution >= 0.6 is 0 Å². The highest BCUT2D eigenvalue weighted by atomic mass is 16.3. The Kier molecular flexibility index (Phi) is 5.49. The van der Waals surface area contributed by atoms with E-state index in [-0.39, 0.29) is 6.10 Å². The number of hydrogen-bond donors (Lipinski definition) is 1. The maximum atomic E-state index is 9.42. The smallest absolute Gasteiger partial charge is 0.0679 e. The molecule has 0 aromatic rings. The second kappa shape index (κ2) is 6.41. The number of likely N-dealkylation sites (tertiary alicyclic amines) is 1. The van der Waals surface area contributed by atoms with Gasteiger partial charge in [0.05, 0.1) is 6.10 Å². The van der Waals surface area contributed by atoms with Gasteiger partial charge in [-0.2, -0.15) is 0 Å². The van der Waals surface area contributed by atoms with Crippen LogP contribution in [-0.4, -0.2) is 35.7 Å². The lowest BCUT2D eigenvalue weighted by molar-refractivity contribution is 0.168. The molecule has 1 aliphatic heterocycles. The van der Waals surface area contributed by atoms with Gasteiger partial charge in [0, 0.05) is 19.6 Å². The fourth-order valence-electron chi connectivity index (χ4n) is 2.26. The summed E-state index contributed by atoms with van der Waals surface area (Å²) in [6.07, 6.45) is 6.23. The first-order valence-corrected chi connectivity index (χ1v) is 6.16. The molecule has 0 spiro atoms. The van der Waals surface area contributed by atoms with Crippen molar-refractivity contribution in [2.24, 2.45) is 5.92 Å². The summed E-state index contributed by atoms with van der Waals surface area (Å²) in [5.41, 5.74) is 0. The number of nitrogens with zero attached hydrogens (tertiary/aromatic N) is 1. The predicted octanol–water partition coefficient (Wildman–Crippen LogP) is 2.27. The van der Waals surface area contributed by atoms with E-state index in [2.05, 4.69) is 18.7 Å². The van der Waals surface area contributed by atoms with Crippen LogP contribution in [0.2, 0.25) is 0 Å². The largest absolute Gasteiger partial charge is 0.392 e. The van der Waals surface area contributed by atoms with Gasteiger partial charge in [-0.05, 0) is 18.8 Å². The zero-order valence-electron chi connectivity index (χ0n) is 9.71. The molecule has 0 bridgehead atoms. The highest BCUT2D eigenvalue weighted by Gasteiger charge is 2.21. The number of aliphatic hydroxyl groups excluding tert-OH is 1. The van der Waals surface area contributed by atoms with Gasteiger partial charge < -0.3 is 10.0 Å². The minimum atomic E-state index is -0.0568. The van der Waals surface area contributed by atoms with Gasteiger partial charge >= 0.3 is 0 Å². The third-order valence-corrected chi connectivity index (χ3v) is 3.31. The van der Waals surface area contributed by atoms with Crippen LogP contribution in [0.3, 0.4) is 0 Å². The van der Waals surface area contributed by atoms with Crippen LogP contribution < -0.4 is 0 Å². The molecule has 1 fully saturated rings. The molecule has 0 aromatic heterocycles. The van der Waals surface area contributed by atoms with Crippen molar-refractivity contribution in [3.05, 3.63) is 0 Å².